The van der Waals surface area contributed by atoms with Crippen molar-refractivity contribution < 1.29 is 23.8 Å². The van der Waals surface area contributed by atoms with Crippen LogP contribution in [0.2, 0.25) is 0 Å². The highest BCUT2D eigenvalue weighted by molar-refractivity contribution is 5.82. The minimum atomic E-state index is -1.14. The molecule has 1 aliphatic rings. The molecule has 1 aromatic rings. The fourth-order valence-electron chi connectivity index (χ4n) is 2.90. The van der Waals surface area contributed by atoms with Crippen molar-refractivity contribution in [1.82, 2.24) is 10.2 Å². The molecule has 1 unspecified atom stereocenters. The third-order valence-electron chi connectivity index (χ3n) is 4.14. The number of aliphatic carboxylic acids is 1. The lowest BCUT2D eigenvalue weighted by molar-refractivity contribution is -0.154. The summed E-state index contributed by atoms with van der Waals surface area (Å²) in [6, 6.07) is 5.85. The van der Waals surface area contributed by atoms with Crippen LogP contribution in [0.3, 0.4) is 0 Å². The van der Waals surface area contributed by atoms with E-state index in [0.29, 0.717) is 19.4 Å². The van der Waals surface area contributed by atoms with Gasteiger partial charge in [-0.15, -0.1) is 0 Å². The average molecular weight is 324 g/mol. The van der Waals surface area contributed by atoms with Crippen LogP contribution in [0.4, 0.5) is 4.39 Å². The summed E-state index contributed by atoms with van der Waals surface area (Å²) in [5.41, 5.74) is -0.357. The highest BCUT2D eigenvalue weighted by Gasteiger charge is 2.48. The lowest BCUT2D eigenvalue weighted by Gasteiger charge is -2.33. The maximum Gasteiger partial charge on any atom is 0.326 e. The minimum Gasteiger partial charge on any atom is -0.480 e. The van der Waals surface area contributed by atoms with Crippen LogP contribution in [-0.4, -0.2) is 54.2 Å². The number of methoxy groups -OCH3 is 1. The number of rotatable bonds is 7. The molecule has 126 valence electrons. The van der Waals surface area contributed by atoms with Gasteiger partial charge in [-0.2, -0.15) is 0 Å². The van der Waals surface area contributed by atoms with Crippen LogP contribution < -0.4 is 5.32 Å². The van der Waals surface area contributed by atoms with Crippen molar-refractivity contribution in [3.8, 4) is 0 Å². The predicted octanol–water partition coefficient (Wildman–Crippen LogP) is 1.01. The van der Waals surface area contributed by atoms with Crippen LogP contribution in [0.1, 0.15) is 18.4 Å². The summed E-state index contributed by atoms with van der Waals surface area (Å²) < 4.78 is 17.9. The molecule has 0 saturated carbocycles. The average Bonchev–Trinajstić information content (AvgIpc) is 2.91. The van der Waals surface area contributed by atoms with Gasteiger partial charge in [-0.1, -0.05) is 12.1 Å². The molecule has 0 aliphatic carbocycles. The maximum absolute atomic E-state index is 12.8. The van der Waals surface area contributed by atoms with E-state index in [0.717, 1.165) is 5.56 Å². The van der Waals surface area contributed by atoms with E-state index in [4.69, 9.17) is 4.74 Å². The molecule has 0 aromatic heterocycles. The Morgan fingerprint density at radius 3 is 2.70 bits per heavy atom. The van der Waals surface area contributed by atoms with Crippen LogP contribution in [0.25, 0.3) is 0 Å². The van der Waals surface area contributed by atoms with Crippen LogP contribution in [0, 0.1) is 5.82 Å². The Balaban J connectivity index is 1.93. The Kier molecular flexibility index (Phi) is 5.68. The van der Waals surface area contributed by atoms with Crippen molar-refractivity contribution in [2.24, 2.45) is 0 Å². The lowest BCUT2D eigenvalue weighted by Crippen LogP contribution is -2.56. The second-order valence-corrected chi connectivity index (χ2v) is 5.70. The third kappa shape index (κ3) is 4.05. The largest absolute Gasteiger partial charge is 0.480 e. The summed E-state index contributed by atoms with van der Waals surface area (Å²) in [5, 5.41) is 12.3. The van der Waals surface area contributed by atoms with E-state index < -0.39 is 11.5 Å². The molecular formula is C16H21FN2O4. The van der Waals surface area contributed by atoms with Gasteiger partial charge in [0.15, 0.2) is 0 Å². The quantitative estimate of drug-likeness (QED) is 0.782. The van der Waals surface area contributed by atoms with Crippen molar-refractivity contribution in [1.29, 1.82) is 0 Å². The predicted molar refractivity (Wildman–Crippen MR) is 81.3 cm³/mol. The van der Waals surface area contributed by atoms with Crippen molar-refractivity contribution in [3.05, 3.63) is 35.6 Å². The first kappa shape index (κ1) is 17.4. The molecule has 2 N–H and O–H groups in total. The highest BCUT2D eigenvalue weighted by Crippen LogP contribution is 2.29. The topological polar surface area (TPSA) is 78.9 Å². The normalized spacial score (nSPS) is 21.3. The summed E-state index contributed by atoms with van der Waals surface area (Å²) in [5.74, 6) is -1.57. The number of hydrogen-bond acceptors (Lipinski definition) is 4. The molecule has 1 saturated heterocycles. The fourth-order valence-corrected chi connectivity index (χ4v) is 2.90. The minimum absolute atomic E-state index is 0.00312. The number of carboxylic acids is 1. The smallest absolute Gasteiger partial charge is 0.326 e. The van der Waals surface area contributed by atoms with Crippen molar-refractivity contribution in [2.45, 2.75) is 24.9 Å². The number of amides is 1. The molecule has 23 heavy (non-hydrogen) atoms. The number of likely N-dealkylation sites (tertiary alicyclic amines) is 1. The molecule has 0 radical (unpaired) electrons. The Hall–Kier alpha value is -1.99. The van der Waals surface area contributed by atoms with Gasteiger partial charge in [0.05, 0.1) is 13.2 Å². The summed E-state index contributed by atoms with van der Waals surface area (Å²) in [6.45, 7) is 0.862. The summed E-state index contributed by atoms with van der Waals surface area (Å²) in [6.07, 6.45) is 1.17. The number of ether oxygens (including phenoxy) is 1. The first-order valence-corrected chi connectivity index (χ1v) is 7.46. The van der Waals surface area contributed by atoms with E-state index in [1.165, 1.54) is 19.2 Å². The van der Waals surface area contributed by atoms with Gasteiger partial charge in [0, 0.05) is 13.7 Å². The van der Waals surface area contributed by atoms with E-state index >= 15 is 0 Å². The van der Waals surface area contributed by atoms with E-state index in [-0.39, 0.29) is 31.4 Å². The zero-order valence-corrected chi connectivity index (χ0v) is 13.0. The van der Waals surface area contributed by atoms with Crippen LogP contribution >= 0.6 is 0 Å². The monoisotopic (exact) mass is 324 g/mol. The highest BCUT2D eigenvalue weighted by atomic mass is 19.1. The van der Waals surface area contributed by atoms with Crippen LogP contribution in [0.15, 0.2) is 24.3 Å². The van der Waals surface area contributed by atoms with E-state index in [9.17, 15) is 19.1 Å². The number of hydrogen-bond donors (Lipinski definition) is 2. The molecule has 1 fully saturated rings. The molecule has 1 aliphatic heterocycles. The third-order valence-corrected chi connectivity index (χ3v) is 4.14. The fraction of sp³-hybridized carbons (Fsp3) is 0.500. The number of nitrogens with one attached hydrogen (secondary N) is 1. The number of carbonyl (C=O) groups excluding carboxylic acids is 1. The Morgan fingerprint density at radius 2 is 2.09 bits per heavy atom. The van der Waals surface area contributed by atoms with Gasteiger partial charge in [-0.25, -0.2) is 4.39 Å². The molecule has 1 aromatic carbocycles. The molecule has 1 heterocycles. The van der Waals surface area contributed by atoms with Gasteiger partial charge in [-0.05, 0) is 37.1 Å². The molecule has 6 nitrogen and oxygen atoms in total. The SMILES string of the molecule is COCC1(C(=O)O)CCCN1CC(=O)NCc1ccc(F)cc1. The standard InChI is InChI=1S/C16H21FN2O4/c1-23-11-16(15(21)22)7-2-8-19(16)10-14(20)18-9-12-3-5-13(17)6-4-12/h3-6H,2,7-11H2,1H3,(H,18,20)(H,21,22). The summed E-state index contributed by atoms with van der Waals surface area (Å²) >= 11 is 0. The van der Waals surface area contributed by atoms with Crippen molar-refractivity contribution in [3.63, 3.8) is 0 Å². The molecule has 1 atom stereocenters. The molecular weight excluding hydrogens is 303 g/mol. The zero-order chi connectivity index (χ0) is 16.9. The van der Waals surface area contributed by atoms with Crippen molar-refractivity contribution >= 4 is 11.9 Å². The van der Waals surface area contributed by atoms with Gasteiger partial charge >= 0.3 is 5.97 Å². The number of carboxylic acid groups (broad SMARTS) is 1. The van der Waals surface area contributed by atoms with Gasteiger partial charge in [0.2, 0.25) is 5.91 Å². The first-order chi connectivity index (χ1) is 11.0. The molecule has 2 rings (SSSR count). The number of carbonyl (C=O) groups is 2. The van der Waals surface area contributed by atoms with Crippen molar-refractivity contribution in [2.75, 3.05) is 26.8 Å². The molecule has 1 amide bonds. The Labute approximate surface area is 134 Å². The van der Waals surface area contributed by atoms with Gasteiger partial charge in [0.1, 0.15) is 11.4 Å². The molecule has 0 spiro atoms. The second-order valence-electron chi connectivity index (χ2n) is 5.70. The molecule has 7 heteroatoms. The van der Waals surface area contributed by atoms with E-state index in [2.05, 4.69) is 5.32 Å². The van der Waals surface area contributed by atoms with Gasteiger partial charge in [-0.3, -0.25) is 14.5 Å². The number of nitrogens with zero attached hydrogens (tertiary/aromatic N) is 1. The summed E-state index contributed by atoms with van der Waals surface area (Å²) in [7, 11) is 1.45. The van der Waals surface area contributed by atoms with Gasteiger partial charge in [0.25, 0.3) is 0 Å². The zero-order valence-electron chi connectivity index (χ0n) is 13.0. The van der Waals surface area contributed by atoms with E-state index in [1.807, 2.05) is 0 Å². The van der Waals surface area contributed by atoms with E-state index in [1.54, 1.807) is 17.0 Å². The van der Waals surface area contributed by atoms with Crippen LogP contribution in [0.5, 0.6) is 0 Å². The molecule has 0 bridgehead atoms. The maximum atomic E-state index is 12.8. The second kappa shape index (κ2) is 7.52. The Morgan fingerprint density at radius 1 is 1.39 bits per heavy atom. The van der Waals surface area contributed by atoms with Gasteiger partial charge < -0.3 is 15.2 Å². The Bertz CT molecular complexity index is 564. The first-order valence-electron chi connectivity index (χ1n) is 7.46. The summed E-state index contributed by atoms with van der Waals surface area (Å²) in [4.78, 5) is 25.4. The number of benzene rings is 1. The lowest BCUT2D eigenvalue weighted by atomic mass is 9.97. The number of halogens is 1. The van der Waals surface area contributed by atoms with Crippen LogP contribution in [-0.2, 0) is 20.9 Å².